The normalized spacial score (nSPS) is 14.6. The summed E-state index contributed by atoms with van der Waals surface area (Å²) in [5.74, 6) is -1.79. The highest BCUT2D eigenvalue weighted by molar-refractivity contribution is 6.40. The number of carbonyl (C=O) groups is 1. The van der Waals surface area contributed by atoms with Crippen LogP contribution in [0.25, 0.3) is 22.2 Å². The van der Waals surface area contributed by atoms with E-state index in [0.29, 0.717) is 50.7 Å². The minimum atomic E-state index is -2.72. The van der Waals surface area contributed by atoms with Crippen LogP contribution in [0.1, 0.15) is 18.4 Å². The van der Waals surface area contributed by atoms with Crippen LogP contribution in [-0.4, -0.2) is 40.4 Å². The molecule has 2 aromatic heterocycles. The first-order chi connectivity index (χ1) is 18.2. The van der Waals surface area contributed by atoms with Crippen molar-refractivity contribution < 1.29 is 18.3 Å². The highest BCUT2D eigenvalue weighted by atomic mass is 35.5. The molecule has 12 heteroatoms. The molecule has 38 heavy (non-hydrogen) atoms. The van der Waals surface area contributed by atoms with E-state index in [1.165, 1.54) is 7.11 Å². The van der Waals surface area contributed by atoms with Crippen LogP contribution < -0.4 is 20.7 Å². The maximum atomic E-state index is 13.6. The fourth-order valence-corrected chi connectivity index (χ4v) is 4.98. The Morgan fingerprint density at radius 2 is 1.95 bits per heavy atom. The van der Waals surface area contributed by atoms with Crippen LogP contribution in [-0.2, 0) is 4.79 Å². The van der Waals surface area contributed by atoms with Gasteiger partial charge in [-0.3, -0.25) is 4.79 Å². The fraction of sp³-hybridized carbons (Fsp3) is 0.231. The number of rotatable bonds is 8. The molecule has 0 spiro atoms. The van der Waals surface area contributed by atoms with Crippen LogP contribution >= 0.6 is 23.2 Å². The zero-order valence-electron chi connectivity index (χ0n) is 20.3. The third-order valence-electron chi connectivity index (χ3n) is 6.25. The van der Waals surface area contributed by atoms with Gasteiger partial charge in [0.15, 0.2) is 5.82 Å². The summed E-state index contributed by atoms with van der Waals surface area (Å²) in [4.78, 5) is 24.8. The third kappa shape index (κ3) is 5.01. The average molecular weight is 559 g/mol. The summed E-state index contributed by atoms with van der Waals surface area (Å²) < 4.78 is 32.5. The number of nitrogens with one attached hydrogen (secondary N) is 3. The number of benzene rings is 2. The minimum Gasteiger partial charge on any atom is -0.495 e. The van der Waals surface area contributed by atoms with Crippen molar-refractivity contribution in [1.29, 1.82) is 0 Å². The van der Waals surface area contributed by atoms with E-state index >= 15 is 0 Å². The number of methoxy groups -OCH3 is 1. The molecule has 5 rings (SSSR count). The molecule has 4 aromatic rings. The number of aryl methyl sites for hydroxylation is 1. The van der Waals surface area contributed by atoms with E-state index in [9.17, 15) is 13.6 Å². The molecule has 196 valence electrons. The van der Waals surface area contributed by atoms with Gasteiger partial charge in [0.25, 0.3) is 5.92 Å². The van der Waals surface area contributed by atoms with E-state index in [1.807, 2.05) is 19.1 Å². The van der Waals surface area contributed by atoms with Crippen LogP contribution in [0.5, 0.6) is 5.75 Å². The Bertz CT molecular complexity index is 1540. The molecule has 0 unspecified atom stereocenters. The van der Waals surface area contributed by atoms with Crippen molar-refractivity contribution in [3.63, 3.8) is 0 Å². The number of pyridine rings is 1. The zero-order valence-corrected chi connectivity index (χ0v) is 21.8. The first-order valence-electron chi connectivity index (χ1n) is 11.6. The van der Waals surface area contributed by atoms with E-state index in [4.69, 9.17) is 32.9 Å². The Hall–Kier alpha value is -3.76. The number of halogens is 4. The highest BCUT2D eigenvalue weighted by Crippen LogP contribution is 2.43. The number of ether oxygens (including phenoxy) is 1. The number of fused-ring (bicyclic) bond motifs is 1. The summed E-state index contributed by atoms with van der Waals surface area (Å²) in [5, 5.41) is 10.1. The van der Waals surface area contributed by atoms with E-state index < -0.39 is 12.0 Å². The second-order valence-corrected chi connectivity index (χ2v) is 9.70. The van der Waals surface area contributed by atoms with Crippen molar-refractivity contribution in [2.75, 3.05) is 23.1 Å². The number of nitrogens with zero attached hydrogens (tertiary/aromatic N) is 3. The van der Waals surface area contributed by atoms with Gasteiger partial charge in [0.2, 0.25) is 12.4 Å². The lowest BCUT2D eigenvalue weighted by Crippen LogP contribution is -2.44. The average Bonchev–Trinajstić information content (AvgIpc) is 2.85. The number of carbonyl (C=O) groups excluding carboxylic acids is 1. The SMILES string of the molecule is COc1ccc(Cl)c(-c2cc3cnc(Nc4c(C)cccc4NC=O)nc3c(NC3CC(F)(F)C3)n2)c1Cl. The summed E-state index contributed by atoms with van der Waals surface area (Å²) >= 11 is 13.0. The number of alkyl halides is 2. The number of amides is 1. The molecule has 1 saturated carbocycles. The van der Waals surface area contributed by atoms with Gasteiger partial charge < -0.3 is 20.7 Å². The van der Waals surface area contributed by atoms with Gasteiger partial charge in [-0.1, -0.05) is 35.3 Å². The molecule has 0 atom stereocenters. The quantitative estimate of drug-likeness (QED) is 0.203. The predicted octanol–water partition coefficient (Wildman–Crippen LogP) is 6.84. The molecule has 0 saturated heterocycles. The first-order valence-corrected chi connectivity index (χ1v) is 12.4. The Morgan fingerprint density at radius 1 is 1.16 bits per heavy atom. The molecule has 0 bridgehead atoms. The van der Waals surface area contributed by atoms with E-state index in [2.05, 4.69) is 25.9 Å². The summed E-state index contributed by atoms with van der Waals surface area (Å²) in [5.41, 5.74) is 3.27. The highest BCUT2D eigenvalue weighted by Gasteiger charge is 2.45. The first kappa shape index (κ1) is 25.9. The van der Waals surface area contributed by atoms with Crippen LogP contribution in [0.2, 0.25) is 10.0 Å². The minimum absolute atomic E-state index is 0.231. The second-order valence-electron chi connectivity index (χ2n) is 8.92. The standard InChI is InChI=1S/C26H22Cl2F2N6O2/c1-13-4-3-5-17(32-12-37)22(13)35-25-31-11-14-8-18(20-16(27)6-7-19(38-2)21(20)28)34-24(23(14)36-25)33-15-9-26(29,30)10-15/h3-8,11-12,15H,9-10H2,1-2H3,(H,32,37)(H,33,34)(H,31,35,36). The van der Waals surface area contributed by atoms with Gasteiger partial charge in [0, 0.05) is 36.0 Å². The molecule has 3 N–H and O–H groups in total. The molecule has 0 aliphatic heterocycles. The third-order valence-corrected chi connectivity index (χ3v) is 6.94. The lowest BCUT2D eigenvalue weighted by Gasteiger charge is -2.35. The van der Waals surface area contributed by atoms with Crippen LogP contribution in [0.3, 0.4) is 0 Å². The van der Waals surface area contributed by atoms with Gasteiger partial charge in [0.05, 0.1) is 34.2 Å². The molecule has 8 nitrogen and oxygen atoms in total. The Labute approximate surface area is 226 Å². The molecule has 1 aliphatic rings. The molecule has 1 aliphatic carbocycles. The topological polar surface area (TPSA) is 101 Å². The molecule has 2 heterocycles. The number of anilines is 4. The van der Waals surface area contributed by atoms with Crippen molar-refractivity contribution in [1.82, 2.24) is 15.0 Å². The molecule has 2 aromatic carbocycles. The largest absolute Gasteiger partial charge is 0.495 e. The molecule has 1 amide bonds. The Morgan fingerprint density at radius 3 is 2.66 bits per heavy atom. The Balaban J connectivity index is 1.61. The van der Waals surface area contributed by atoms with Crippen LogP contribution in [0, 0.1) is 6.92 Å². The van der Waals surface area contributed by atoms with E-state index in [1.54, 1.807) is 30.5 Å². The van der Waals surface area contributed by atoms with Gasteiger partial charge in [-0.25, -0.2) is 23.7 Å². The maximum absolute atomic E-state index is 13.6. The summed E-state index contributed by atoms with van der Waals surface area (Å²) in [6, 6.07) is 9.94. The van der Waals surface area contributed by atoms with Gasteiger partial charge >= 0.3 is 0 Å². The zero-order chi connectivity index (χ0) is 27.0. The Kier molecular flexibility index (Phi) is 6.93. The smallest absolute Gasteiger partial charge is 0.252 e. The van der Waals surface area contributed by atoms with Crippen molar-refractivity contribution in [3.05, 3.63) is 58.2 Å². The van der Waals surface area contributed by atoms with Gasteiger partial charge in [-0.2, -0.15) is 0 Å². The van der Waals surface area contributed by atoms with Crippen molar-refractivity contribution in [3.8, 4) is 17.0 Å². The van der Waals surface area contributed by atoms with Gasteiger partial charge in [-0.05, 0) is 36.8 Å². The second kappa shape index (κ2) is 10.2. The summed E-state index contributed by atoms with van der Waals surface area (Å²) in [6.07, 6.45) is 1.53. The number of para-hydroxylation sites is 1. The number of aromatic nitrogens is 3. The summed E-state index contributed by atoms with van der Waals surface area (Å²) in [7, 11) is 1.49. The molecule has 0 radical (unpaired) electrons. The van der Waals surface area contributed by atoms with E-state index in [-0.39, 0.29) is 29.6 Å². The molecule has 1 fully saturated rings. The summed E-state index contributed by atoms with van der Waals surface area (Å²) in [6.45, 7) is 1.87. The predicted molar refractivity (Wildman–Crippen MR) is 145 cm³/mol. The number of hydrogen-bond donors (Lipinski definition) is 3. The number of hydrogen-bond acceptors (Lipinski definition) is 7. The monoisotopic (exact) mass is 558 g/mol. The van der Waals surface area contributed by atoms with Crippen molar-refractivity contribution in [2.24, 2.45) is 0 Å². The van der Waals surface area contributed by atoms with Crippen LogP contribution in [0.4, 0.5) is 31.9 Å². The van der Waals surface area contributed by atoms with Crippen molar-refractivity contribution >= 4 is 63.7 Å². The van der Waals surface area contributed by atoms with Gasteiger partial charge in [0.1, 0.15) is 11.3 Å². The molecular formula is C26H22Cl2F2N6O2. The van der Waals surface area contributed by atoms with Gasteiger partial charge in [-0.15, -0.1) is 0 Å². The van der Waals surface area contributed by atoms with Crippen LogP contribution in [0.15, 0.2) is 42.6 Å². The van der Waals surface area contributed by atoms with E-state index in [0.717, 1.165) is 5.56 Å². The fourth-order valence-electron chi connectivity index (χ4n) is 4.34. The molecular weight excluding hydrogens is 537 g/mol. The lowest BCUT2D eigenvalue weighted by atomic mass is 9.88. The lowest BCUT2D eigenvalue weighted by molar-refractivity contribution is -0.105. The maximum Gasteiger partial charge on any atom is 0.252 e. The van der Waals surface area contributed by atoms with Crippen molar-refractivity contribution in [2.45, 2.75) is 31.7 Å².